The molecule has 3 rings (SSSR count). The molecule has 0 unspecified atom stereocenters. The fraction of sp³-hybridized carbons (Fsp3) is 0.513. The Kier molecular flexibility index (Phi) is 21.4. The molecule has 1 aliphatic heterocycles. The highest BCUT2D eigenvalue weighted by molar-refractivity contribution is 6.52. The number of amides is 2. The fourth-order valence-corrected chi connectivity index (χ4v) is 7.01. The van der Waals surface area contributed by atoms with Gasteiger partial charge in [0.1, 0.15) is 0 Å². The van der Waals surface area contributed by atoms with Crippen molar-refractivity contribution in [3.63, 3.8) is 0 Å². The molecule has 0 bridgehead atoms. The van der Waals surface area contributed by atoms with Gasteiger partial charge in [-0.3, -0.25) is 33.6 Å². The van der Waals surface area contributed by atoms with Gasteiger partial charge >= 0.3 is 26.0 Å². The molecule has 0 radical (unpaired) electrons. The third kappa shape index (κ3) is 18.2. The van der Waals surface area contributed by atoms with Crippen LogP contribution in [0.25, 0.3) is 0 Å². The maximum Gasteiger partial charge on any atom is 0.551 e. The molecule has 0 spiro atoms. The first-order valence-electron chi connectivity index (χ1n) is 18.9. The number of carboxylic acids is 2. The zero-order valence-electron chi connectivity index (χ0n) is 33.8. The van der Waals surface area contributed by atoms with E-state index in [1.807, 2.05) is 20.7 Å². The number of carboxylic acid groups (broad SMARTS) is 2. The van der Waals surface area contributed by atoms with E-state index >= 15 is 0 Å². The molecule has 20 heteroatoms. The van der Waals surface area contributed by atoms with Crippen LogP contribution in [0, 0.1) is 11.8 Å². The molecule has 1 saturated heterocycles. The average molecular weight is 902 g/mol. The largest absolute Gasteiger partial charge is 0.551 e. The molecule has 59 heavy (non-hydrogen) atoms. The third-order valence-electron chi connectivity index (χ3n) is 9.05. The number of hydrogen-bond acceptors (Lipinski definition) is 10. The third-order valence-corrected chi connectivity index (χ3v) is 10.2. The number of carbonyl (C=O) groups excluding carboxylic acids is 5. The van der Waals surface area contributed by atoms with Gasteiger partial charge in [0, 0.05) is 59.9 Å². The fourth-order valence-electron chi connectivity index (χ4n) is 6.22. The zero-order chi connectivity index (χ0) is 44.6. The van der Waals surface area contributed by atoms with Crippen molar-refractivity contribution in [2.45, 2.75) is 110 Å². The van der Waals surface area contributed by atoms with Crippen LogP contribution in [0.5, 0.6) is 0 Å². The summed E-state index contributed by atoms with van der Waals surface area (Å²) < 4.78 is 16.3. The van der Waals surface area contributed by atoms with Gasteiger partial charge in [0.25, 0.3) is 5.97 Å². The lowest BCUT2D eigenvalue weighted by molar-refractivity contribution is -0.160. The maximum atomic E-state index is 12.7. The molecule has 2 aromatic rings. The Morgan fingerprint density at radius 2 is 1.24 bits per heavy atom. The minimum Gasteiger partial charge on any atom is -0.508 e. The Morgan fingerprint density at radius 3 is 1.66 bits per heavy atom. The van der Waals surface area contributed by atoms with E-state index in [9.17, 15) is 43.8 Å². The lowest BCUT2D eigenvalue weighted by Gasteiger charge is -2.39. The summed E-state index contributed by atoms with van der Waals surface area (Å²) in [5, 5.41) is 25.4. The number of carbonyl (C=O) groups is 7. The second-order valence-electron chi connectivity index (χ2n) is 15.1. The van der Waals surface area contributed by atoms with E-state index in [4.69, 9.17) is 60.4 Å². The predicted octanol–water partition coefficient (Wildman–Crippen LogP) is 7.46. The summed E-state index contributed by atoms with van der Waals surface area (Å²) in [6.07, 6.45) is -1.14. The van der Waals surface area contributed by atoms with E-state index in [1.165, 1.54) is 24.3 Å². The van der Waals surface area contributed by atoms with Crippen LogP contribution in [0.15, 0.2) is 36.4 Å². The number of nitrogens with one attached hydrogen (secondary N) is 2. The molecule has 2 amide bonds. The van der Waals surface area contributed by atoms with Crippen LogP contribution in [0.2, 0.25) is 26.9 Å². The standard InChI is InChI=1S/C22H26BCl2NO9.C17H24BCl2NO3/c1-12(2)7-17(23-34-21(33)11-22(35-23,9-19(29)30)10-20(31)32)26-18(28)6-5-16(27)14-8-13(24)3-4-15(14)25;1-11(2)9-16(18(3)24-4)21-17(23)8-7-15(22)13-10-12(19)5-6-14(13)20/h3-4,8,12,17H,5-7,9-11H2,1-2H3,(H,26,28)(H,29,30)(H,31,32);5-6,10-11,16H,7-9H2,1-4H3,(H,21,23)/t17-;16-/m00/s1. The molecule has 0 saturated carbocycles. The van der Waals surface area contributed by atoms with Gasteiger partial charge in [-0.2, -0.15) is 0 Å². The lowest BCUT2D eigenvalue weighted by atomic mass is 9.60. The predicted molar refractivity (Wildman–Crippen MR) is 226 cm³/mol. The minimum atomic E-state index is -1.82. The topological polar surface area (TPSA) is 212 Å². The Balaban J connectivity index is 0.000000437. The highest BCUT2D eigenvalue weighted by atomic mass is 35.5. The van der Waals surface area contributed by atoms with Crippen molar-refractivity contribution in [2.24, 2.45) is 11.8 Å². The Bertz CT molecular complexity index is 1810. The molecule has 1 fully saturated rings. The summed E-state index contributed by atoms with van der Waals surface area (Å²) in [5.41, 5.74) is -1.29. The monoisotopic (exact) mass is 900 g/mol. The van der Waals surface area contributed by atoms with E-state index in [0.29, 0.717) is 26.5 Å². The van der Waals surface area contributed by atoms with Crippen molar-refractivity contribution in [1.82, 2.24) is 10.6 Å². The van der Waals surface area contributed by atoms with Crippen LogP contribution in [-0.2, 0) is 37.9 Å². The van der Waals surface area contributed by atoms with Crippen molar-refractivity contribution in [2.75, 3.05) is 7.11 Å². The number of Topliss-reactive ketones (excluding diaryl/α,β-unsaturated/α-hetero) is 2. The summed E-state index contributed by atoms with van der Waals surface area (Å²) in [5.74, 6) is -5.39. The number of halogens is 4. The van der Waals surface area contributed by atoms with E-state index in [2.05, 4.69) is 24.5 Å². The second kappa shape index (κ2) is 24.6. The van der Waals surface area contributed by atoms with Gasteiger partial charge in [-0.25, -0.2) is 0 Å². The average Bonchev–Trinajstić information content (AvgIpc) is 3.12. The van der Waals surface area contributed by atoms with Crippen LogP contribution < -0.4 is 10.6 Å². The molecule has 0 aromatic heterocycles. The first-order valence-corrected chi connectivity index (χ1v) is 20.4. The molecule has 1 aliphatic rings. The Morgan fingerprint density at radius 1 is 0.780 bits per heavy atom. The minimum absolute atomic E-state index is 0.00947. The molecule has 14 nitrogen and oxygen atoms in total. The Labute approximate surface area is 364 Å². The summed E-state index contributed by atoms with van der Waals surface area (Å²) in [6, 6.07) is 9.14. The van der Waals surface area contributed by atoms with E-state index < -0.39 is 67.5 Å². The van der Waals surface area contributed by atoms with Crippen molar-refractivity contribution in [1.29, 1.82) is 0 Å². The molecular weight excluding hydrogens is 852 g/mol. The van der Waals surface area contributed by atoms with E-state index in [1.54, 1.807) is 19.2 Å². The number of ketones is 2. The Hall–Kier alpha value is -3.66. The van der Waals surface area contributed by atoms with E-state index in [-0.39, 0.29) is 73.2 Å². The number of hydrogen-bond donors (Lipinski definition) is 4. The van der Waals surface area contributed by atoms with Gasteiger partial charge in [0.2, 0.25) is 11.8 Å². The summed E-state index contributed by atoms with van der Waals surface area (Å²) in [7, 11) is 0.217. The smallest absolute Gasteiger partial charge is 0.508 e. The molecule has 2 aromatic carbocycles. The van der Waals surface area contributed by atoms with Gasteiger partial charge in [0.15, 0.2) is 11.6 Å². The van der Waals surface area contributed by atoms with Gasteiger partial charge in [-0.15, -0.1) is 0 Å². The maximum absolute atomic E-state index is 12.7. The highest BCUT2D eigenvalue weighted by Gasteiger charge is 2.51. The van der Waals surface area contributed by atoms with Gasteiger partial charge in [-0.1, -0.05) is 80.9 Å². The number of benzene rings is 2. The molecule has 0 aliphatic carbocycles. The van der Waals surface area contributed by atoms with Crippen LogP contribution in [0.1, 0.15) is 106 Å². The molecule has 322 valence electrons. The van der Waals surface area contributed by atoms with Crippen LogP contribution >= 0.6 is 46.4 Å². The van der Waals surface area contributed by atoms with Crippen molar-refractivity contribution < 1.29 is 57.7 Å². The SMILES string of the molecule is CC(C)C[C@H](NC(=O)CCC(=O)c1cc(Cl)ccc1Cl)B1OC(=O)CC(CC(=O)O)(CC(=O)O)O1.COB(C)[C@H](CC(C)C)NC(=O)CCC(=O)c1cc(Cl)ccc1Cl. The van der Waals surface area contributed by atoms with Crippen molar-refractivity contribution in [3.05, 3.63) is 67.6 Å². The first-order chi connectivity index (χ1) is 27.5. The quantitative estimate of drug-likeness (QED) is 0.0711. The molecule has 1 heterocycles. The highest BCUT2D eigenvalue weighted by Crippen LogP contribution is 2.33. The van der Waals surface area contributed by atoms with Crippen molar-refractivity contribution >= 4 is 102 Å². The number of rotatable bonds is 21. The normalized spacial score (nSPS) is 14.4. The van der Waals surface area contributed by atoms with Gasteiger partial charge in [-0.05, 0) is 61.1 Å². The van der Waals surface area contributed by atoms with Crippen molar-refractivity contribution in [3.8, 4) is 0 Å². The zero-order valence-corrected chi connectivity index (χ0v) is 36.8. The van der Waals surface area contributed by atoms with Gasteiger partial charge in [0.05, 0.1) is 40.8 Å². The first kappa shape index (κ1) is 51.5. The molecular formula is C39H50B2Cl4N2O12. The van der Waals surface area contributed by atoms with Crippen LogP contribution in [0.4, 0.5) is 0 Å². The lowest BCUT2D eigenvalue weighted by Crippen LogP contribution is -2.59. The van der Waals surface area contributed by atoms with Crippen LogP contribution in [-0.4, -0.2) is 90.1 Å². The van der Waals surface area contributed by atoms with E-state index in [0.717, 1.165) is 6.42 Å². The summed E-state index contributed by atoms with van der Waals surface area (Å²) >= 11 is 23.8. The summed E-state index contributed by atoms with van der Waals surface area (Å²) in [4.78, 5) is 84.6. The summed E-state index contributed by atoms with van der Waals surface area (Å²) in [6.45, 7) is 9.70. The second-order valence-corrected chi connectivity index (χ2v) is 16.8. The van der Waals surface area contributed by atoms with Crippen LogP contribution in [0.3, 0.4) is 0 Å². The molecule has 2 atom stereocenters. The van der Waals surface area contributed by atoms with Gasteiger partial charge < -0.3 is 34.8 Å². The number of aliphatic carboxylic acids is 2. The molecule has 4 N–H and O–H groups in total.